The lowest BCUT2D eigenvalue weighted by Crippen LogP contribution is -2.49. The molecule has 0 saturated carbocycles. The van der Waals surface area contributed by atoms with Crippen LogP contribution in [0.25, 0.3) is 6.08 Å². The summed E-state index contributed by atoms with van der Waals surface area (Å²) in [5.74, 6) is 1.31. The number of rotatable bonds is 9. The number of nitrogens with one attached hydrogen (secondary N) is 1. The molecule has 1 saturated heterocycles. The Morgan fingerprint density at radius 1 is 1.03 bits per heavy atom. The van der Waals surface area contributed by atoms with Gasteiger partial charge < -0.3 is 24.6 Å². The summed E-state index contributed by atoms with van der Waals surface area (Å²) in [4.78, 5) is 31.8. The normalized spacial score (nSPS) is 16.3. The number of hydrogen-bond acceptors (Lipinski definition) is 6. The monoisotopic (exact) mass is 526 g/mol. The lowest BCUT2D eigenvalue weighted by molar-refractivity contribution is -0.127. The first kappa shape index (κ1) is 27.0. The molecule has 0 aliphatic carbocycles. The zero-order valence-corrected chi connectivity index (χ0v) is 22.5. The van der Waals surface area contributed by atoms with Crippen molar-refractivity contribution in [3.05, 3.63) is 58.2 Å². The van der Waals surface area contributed by atoms with Gasteiger partial charge in [-0.25, -0.2) is 0 Å². The molecule has 8 nitrogen and oxygen atoms in total. The molecule has 2 amide bonds. The van der Waals surface area contributed by atoms with Gasteiger partial charge in [-0.1, -0.05) is 23.7 Å². The van der Waals surface area contributed by atoms with Crippen molar-refractivity contribution in [1.82, 2.24) is 14.7 Å². The molecule has 37 heavy (non-hydrogen) atoms. The van der Waals surface area contributed by atoms with Crippen molar-refractivity contribution in [2.75, 3.05) is 65.3 Å². The average Bonchev–Trinajstić information content (AvgIpc) is 3.04. The van der Waals surface area contributed by atoms with E-state index >= 15 is 0 Å². The van der Waals surface area contributed by atoms with Crippen LogP contribution in [0.4, 0.5) is 5.69 Å². The highest BCUT2D eigenvalue weighted by atomic mass is 35.5. The zero-order chi connectivity index (χ0) is 26.4. The fraction of sp³-hybridized carbons (Fsp3) is 0.429. The summed E-state index contributed by atoms with van der Waals surface area (Å²) in [6.07, 6.45) is 5.05. The maximum atomic E-state index is 12.9. The molecule has 2 aromatic carbocycles. The molecule has 9 heteroatoms. The summed E-state index contributed by atoms with van der Waals surface area (Å²) < 4.78 is 10.8. The van der Waals surface area contributed by atoms with Crippen LogP contribution in [-0.4, -0.2) is 86.5 Å². The number of halogens is 1. The Kier molecular flexibility index (Phi) is 9.08. The number of benzene rings is 2. The van der Waals surface area contributed by atoms with Gasteiger partial charge in [-0.15, -0.1) is 0 Å². The van der Waals surface area contributed by atoms with Crippen molar-refractivity contribution >= 4 is 35.2 Å². The molecule has 1 N–H and O–H groups in total. The second kappa shape index (κ2) is 12.4. The average molecular weight is 527 g/mol. The number of carbonyl (C=O) groups excluding carboxylic acids is 2. The number of ether oxygens (including phenoxy) is 2. The number of methoxy groups -OCH3 is 2. The van der Waals surface area contributed by atoms with Gasteiger partial charge in [0.1, 0.15) is 0 Å². The topological polar surface area (TPSA) is 74.4 Å². The summed E-state index contributed by atoms with van der Waals surface area (Å²) in [6.45, 7) is 7.31. The first-order valence-electron chi connectivity index (χ1n) is 12.6. The van der Waals surface area contributed by atoms with Crippen LogP contribution in [0, 0.1) is 6.92 Å². The predicted octanol–water partition coefficient (Wildman–Crippen LogP) is 3.67. The van der Waals surface area contributed by atoms with E-state index in [9.17, 15) is 9.59 Å². The quantitative estimate of drug-likeness (QED) is 0.537. The van der Waals surface area contributed by atoms with Gasteiger partial charge in [-0.2, -0.15) is 0 Å². The van der Waals surface area contributed by atoms with Crippen molar-refractivity contribution in [2.45, 2.75) is 19.8 Å². The SMILES string of the molecule is COc1cc2c(cc1OC)CC(=O)N(CCCN1CCN(CC(=O)Nc3c(C)cccc3Cl)CC1)C=C2. The number of aryl methyl sites for hydroxylation is 1. The molecule has 2 aliphatic heterocycles. The number of fused-ring (bicyclic) bond motifs is 1. The smallest absolute Gasteiger partial charge is 0.238 e. The first-order valence-corrected chi connectivity index (χ1v) is 13.0. The molecule has 2 aromatic rings. The van der Waals surface area contributed by atoms with Crippen molar-refractivity contribution < 1.29 is 19.1 Å². The van der Waals surface area contributed by atoms with E-state index in [0.29, 0.717) is 41.7 Å². The summed E-state index contributed by atoms with van der Waals surface area (Å²) in [7, 11) is 3.21. The molecule has 0 aromatic heterocycles. The van der Waals surface area contributed by atoms with E-state index in [4.69, 9.17) is 21.1 Å². The number of amides is 2. The molecule has 198 valence electrons. The third kappa shape index (κ3) is 6.83. The molecular weight excluding hydrogens is 492 g/mol. The molecule has 0 atom stereocenters. The molecule has 0 radical (unpaired) electrons. The fourth-order valence-corrected chi connectivity index (χ4v) is 5.04. The Balaban J connectivity index is 1.21. The summed E-state index contributed by atoms with van der Waals surface area (Å²) in [5.41, 5.74) is 3.54. The highest BCUT2D eigenvalue weighted by Crippen LogP contribution is 2.32. The van der Waals surface area contributed by atoms with Crippen molar-refractivity contribution in [2.24, 2.45) is 0 Å². The van der Waals surface area contributed by atoms with Gasteiger partial charge in [-0.05, 0) is 60.9 Å². The third-order valence-corrected chi connectivity index (χ3v) is 7.25. The second-order valence-corrected chi connectivity index (χ2v) is 9.84. The zero-order valence-electron chi connectivity index (χ0n) is 21.8. The maximum absolute atomic E-state index is 12.9. The van der Waals surface area contributed by atoms with Crippen LogP contribution in [0.3, 0.4) is 0 Å². The molecule has 4 rings (SSSR count). The Morgan fingerprint density at radius 3 is 2.43 bits per heavy atom. The number of hydrogen-bond donors (Lipinski definition) is 1. The number of nitrogens with zero attached hydrogens (tertiary/aromatic N) is 3. The minimum Gasteiger partial charge on any atom is -0.493 e. The van der Waals surface area contributed by atoms with Crippen LogP contribution in [0.5, 0.6) is 11.5 Å². The molecule has 1 fully saturated rings. The summed E-state index contributed by atoms with van der Waals surface area (Å²) in [6, 6.07) is 9.39. The number of carbonyl (C=O) groups is 2. The van der Waals surface area contributed by atoms with Crippen LogP contribution in [0.15, 0.2) is 36.5 Å². The Morgan fingerprint density at radius 2 is 1.73 bits per heavy atom. The lowest BCUT2D eigenvalue weighted by Gasteiger charge is -2.34. The van der Waals surface area contributed by atoms with E-state index in [1.54, 1.807) is 25.2 Å². The number of piperazine rings is 1. The van der Waals surface area contributed by atoms with Gasteiger partial charge in [-0.3, -0.25) is 14.5 Å². The molecule has 0 unspecified atom stereocenters. The van der Waals surface area contributed by atoms with Gasteiger partial charge in [0.25, 0.3) is 0 Å². The highest BCUT2D eigenvalue weighted by Gasteiger charge is 2.22. The van der Waals surface area contributed by atoms with Crippen molar-refractivity contribution in [3.63, 3.8) is 0 Å². The van der Waals surface area contributed by atoms with Crippen LogP contribution < -0.4 is 14.8 Å². The predicted molar refractivity (Wildman–Crippen MR) is 146 cm³/mol. The van der Waals surface area contributed by atoms with Crippen molar-refractivity contribution in [3.8, 4) is 11.5 Å². The summed E-state index contributed by atoms with van der Waals surface area (Å²) >= 11 is 6.23. The third-order valence-electron chi connectivity index (χ3n) is 6.93. The standard InChI is InChI=1S/C28H35ClN4O4/c1-20-6-4-7-23(29)28(20)30-26(34)19-32-14-12-31(13-15-32)9-5-10-33-11-8-21-16-24(36-2)25(37-3)17-22(21)18-27(33)35/h4,6-8,11,16-17H,5,9-10,12-15,18-19H2,1-3H3,(H,30,34). The van der Waals surface area contributed by atoms with Gasteiger partial charge >= 0.3 is 0 Å². The molecule has 2 heterocycles. The molecular formula is C28H35ClN4O4. The minimum atomic E-state index is -0.0488. The van der Waals surface area contributed by atoms with E-state index in [1.165, 1.54) is 0 Å². The largest absolute Gasteiger partial charge is 0.493 e. The van der Waals surface area contributed by atoms with E-state index in [-0.39, 0.29) is 11.8 Å². The Bertz CT molecular complexity index is 1140. The number of anilines is 1. The van der Waals surface area contributed by atoms with Crippen molar-refractivity contribution in [1.29, 1.82) is 0 Å². The van der Waals surface area contributed by atoms with E-state index < -0.39 is 0 Å². The number of para-hydroxylation sites is 1. The van der Waals surface area contributed by atoms with Crippen LogP contribution in [-0.2, 0) is 16.0 Å². The first-order chi connectivity index (χ1) is 17.9. The minimum absolute atomic E-state index is 0.0488. The maximum Gasteiger partial charge on any atom is 0.238 e. The van der Waals surface area contributed by atoms with Crippen LogP contribution >= 0.6 is 11.6 Å². The Labute approximate surface area is 223 Å². The van der Waals surface area contributed by atoms with Gasteiger partial charge in [0, 0.05) is 38.9 Å². The van der Waals surface area contributed by atoms with E-state index in [0.717, 1.165) is 55.8 Å². The lowest BCUT2D eigenvalue weighted by atomic mass is 10.0. The highest BCUT2D eigenvalue weighted by molar-refractivity contribution is 6.33. The molecule has 2 aliphatic rings. The van der Waals surface area contributed by atoms with E-state index in [1.807, 2.05) is 43.5 Å². The second-order valence-electron chi connectivity index (χ2n) is 9.44. The van der Waals surface area contributed by atoms with Gasteiger partial charge in [0.05, 0.1) is 37.9 Å². The fourth-order valence-electron chi connectivity index (χ4n) is 4.77. The Hall–Kier alpha value is -3.07. The van der Waals surface area contributed by atoms with Gasteiger partial charge in [0.15, 0.2) is 11.5 Å². The molecule has 0 bridgehead atoms. The van der Waals surface area contributed by atoms with E-state index in [2.05, 4.69) is 15.1 Å². The van der Waals surface area contributed by atoms with Gasteiger partial charge in [0.2, 0.25) is 11.8 Å². The van der Waals surface area contributed by atoms with Crippen LogP contribution in [0.2, 0.25) is 5.02 Å². The summed E-state index contributed by atoms with van der Waals surface area (Å²) in [5, 5.41) is 3.51. The van der Waals surface area contributed by atoms with Crippen LogP contribution in [0.1, 0.15) is 23.1 Å². The molecule has 0 spiro atoms.